The fourth-order valence-electron chi connectivity index (χ4n) is 2.45. The van der Waals surface area contributed by atoms with Crippen LogP contribution >= 0.6 is 0 Å². The minimum Gasteiger partial charge on any atom is -0.483 e. The quantitative estimate of drug-likeness (QED) is 0.132. The van der Waals surface area contributed by atoms with Crippen molar-refractivity contribution in [3.63, 3.8) is 0 Å². The third-order valence-electron chi connectivity index (χ3n) is 4.01. The van der Waals surface area contributed by atoms with E-state index in [1.165, 1.54) is 83.5 Å². The number of carboxylic acid groups (broad SMARTS) is 1. The van der Waals surface area contributed by atoms with Crippen LogP contribution in [0.25, 0.3) is 0 Å². The molecule has 0 aliphatic carbocycles. The average Bonchev–Trinajstić information content (AvgIpc) is 2.79. The number of nitrogens with one attached hydrogen (secondary N) is 1. The second-order valence-corrected chi connectivity index (χ2v) is 6.74. The van der Waals surface area contributed by atoms with Crippen molar-refractivity contribution in [1.82, 2.24) is 5.32 Å². The molecule has 0 heterocycles. The third-order valence-corrected chi connectivity index (χ3v) is 4.01. The summed E-state index contributed by atoms with van der Waals surface area (Å²) in [6.45, 7) is 21.9. The van der Waals surface area contributed by atoms with Gasteiger partial charge in [-0.3, -0.25) is 11.8 Å². The topological polar surface area (TPSA) is 49.3 Å². The van der Waals surface area contributed by atoms with Gasteiger partial charge < -0.3 is 10.4 Å². The molecule has 3 nitrogen and oxygen atoms in total. The zero-order chi connectivity index (χ0) is 24.9. The molecule has 0 aliphatic rings. The van der Waals surface area contributed by atoms with E-state index in [-0.39, 0.29) is 57.9 Å². The molecule has 0 bridgehead atoms. The number of rotatable bonds is 13. The van der Waals surface area contributed by atoms with Crippen molar-refractivity contribution in [2.24, 2.45) is 5.92 Å². The maximum Gasteiger partial charge on any atom is 1.00 e. The minimum absolute atomic E-state index is 0. The summed E-state index contributed by atoms with van der Waals surface area (Å²) in [6.07, 6.45) is 18.6. The van der Waals surface area contributed by atoms with Gasteiger partial charge in [0.15, 0.2) is 0 Å². The molecule has 0 aliphatic heterocycles. The van der Waals surface area contributed by atoms with Crippen LogP contribution in [0.4, 0.5) is 0 Å². The van der Waals surface area contributed by atoms with Crippen LogP contribution in [-0.2, 0) is 4.79 Å². The van der Waals surface area contributed by atoms with Gasteiger partial charge in [-0.25, -0.2) is 0 Å². The van der Waals surface area contributed by atoms with Gasteiger partial charge in [-0.1, -0.05) is 153 Å². The van der Waals surface area contributed by atoms with Gasteiger partial charge in [0, 0.05) is 0 Å². The van der Waals surface area contributed by atoms with Crippen molar-refractivity contribution in [2.75, 3.05) is 6.54 Å². The first-order valence-corrected chi connectivity index (χ1v) is 13.2. The molecule has 0 radical (unpaired) electrons. The van der Waals surface area contributed by atoms with E-state index >= 15 is 0 Å². The van der Waals surface area contributed by atoms with Crippen LogP contribution < -0.4 is 56.7 Å². The molecule has 1 unspecified atom stereocenters. The Labute approximate surface area is 243 Å². The molecular formula is C27H64KNO2. The zero-order valence-electron chi connectivity index (χ0n) is 24.1. The van der Waals surface area contributed by atoms with Crippen molar-refractivity contribution >= 4 is 6.47 Å². The SMILES string of the molecule is CC.CC.CCC.CCCCCCCC(CC)CCCCCC.O=CO.[CH2-]NCC.[K+]. The first-order chi connectivity index (χ1) is 14.6. The molecule has 0 amide bonds. The van der Waals surface area contributed by atoms with E-state index in [2.05, 4.69) is 47.0 Å². The summed E-state index contributed by atoms with van der Waals surface area (Å²) in [5.74, 6) is 1.03. The van der Waals surface area contributed by atoms with E-state index < -0.39 is 0 Å². The third kappa shape index (κ3) is 90.1. The van der Waals surface area contributed by atoms with Crippen LogP contribution in [0.1, 0.15) is 153 Å². The van der Waals surface area contributed by atoms with Crippen molar-refractivity contribution in [2.45, 2.75) is 153 Å². The Bertz CT molecular complexity index is 204. The number of unbranched alkanes of at least 4 members (excludes halogenated alkanes) is 7. The van der Waals surface area contributed by atoms with Crippen LogP contribution in [0.15, 0.2) is 0 Å². The zero-order valence-corrected chi connectivity index (χ0v) is 27.2. The van der Waals surface area contributed by atoms with Crippen LogP contribution in [0.5, 0.6) is 0 Å². The molecule has 4 heteroatoms. The Kier molecular flexibility index (Phi) is 111. The summed E-state index contributed by atoms with van der Waals surface area (Å²) in [7, 11) is 3.35. The molecule has 0 aromatic carbocycles. The van der Waals surface area contributed by atoms with Gasteiger partial charge in [0.2, 0.25) is 0 Å². The fraction of sp³-hybridized carbons (Fsp3) is 0.926. The van der Waals surface area contributed by atoms with Crippen LogP contribution in [0, 0.1) is 13.0 Å². The Morgan fingerprint density at radius 2 is 1.00 bits per heavy atom. The molecule has 31 heavy (non-hydrogen) atoms. The van der Waals surface area contributed by atoms with E-state index in [1.54, 1.807) is 0 Å². The molecule has 1 atom stereocenters. The number of carbonyl (C=O) groups is 1. The van der Waals surface area contributed by atoms with Gasteiger partial charge in [-0.2, -0.15) is 0 Å². The molecule has 0 spiro atoms. The largest absolute Gasteiger partial charge is 1.00 e. The van der Waals surface area contributed by atoms with E-state index in [0.29, 0.717) is 0 Å². The Morgan fingerprint density at radius 1 is 0.742 bits per heavy atom. The van der Waals surface area contributed by atoms with E-state index in [0.717, 1.165) is 12.5 Å². The summed E-state index contributed by atoms with van der Waals surface area (Å²) in [4.78, 5) is 8.36. The Hall–Kier alpha value is 1.07. The Morgan fingerprint density at radius 3 is 1.23 bits per heavy atom. The number of hydrogen-bond acceptors (Lipinski definition) is 2. The smallest absolute Gasteiger partial charge is 0.483 e. The maximum absolute atomic E-state index is 8.36. The second-order valence-electron chi connectivity index (χ2n) is 6.74. The normalized spacial score (nSPS) is 9.00. The van der Waals surface area contributed by atoms with Crippen molar-refractivity contribution in [3.05, 3.63) is 7.05 Å². The van der Waals surface area contributed by atoms with E-state index in [1.807, 2.05) is 34.6 Å². The van der Waals surface area contributed by atoms with Gasteiger partial charge in [0.05, 0.1) is 0 Å². The summed E-state index contributed by atoms with van der Waals surface area (Å²) in [5.41, 5.74) is 0. The molecule has 2 N–H and O–H groups in total. The molecule has 190 valence electrons. The standard InChI is InChI=1S/C16H34.C3H8N.C3H8.2C2H6.CH2O2.K/c1-4-7-9-11-13-15-16(6-3)14-12-10-8-5-2;1-3-4-2;1-3-2;2*1-2;2-1-3;/h16H,4-15H2,1-3H3;4H,2-3H2,1H3;3H2,1-2H3;2*1-2H3;1H,(H,2,3);/q;-1;;;;;+1. The van der Waals surface area contributed by atoms with Crippen molar-refractivity contribution in [1.29, 1.82) is 0 Å². The van der Waals surface area contributed by atoms with Crippen LogP contribution in [0.3, 0.4) is 0 Å². The first kappa shape index (κ1) is 49.3. The molecule has 0 aromatic heterocycles. The Balaban J connectivity index is -0.0000000635. The van der Waals surface area contributed by atoms with Gasteiger partial charge in [-0.05, 0) is 12.5 Å². The first-order valence-electron chi connectivity index (χ1n) is 13.2. The maximum atomic E-state index is 8.36. The van der Waals surface area contributed by atoms with Crippen molar-refractivity contribution in [3.8, 4) is 0 Å². The molecule has 0 saturated heterocycles. The van der Waals surface area contributed by atoms with Crippen molar-refractivity contribution < 1.29 is 61.3 Å². The summed E-state index contributed by atoms with van der Waals surface area (Å²) < 4.78 is 0. The molecule has 0 rings (SSSR count). The van der Waals surface area contributed by atoms with Gasteiger partial charge in [0.1, 0.15) is 0 Å². The van der Waals surface area contributed by atoms with E-state index in [4.69, 9.17) is 9.90 Å². The number of hydrogen-bond donors (Lipinski definition) is 2. The second kappa shape index (κ2) is 69.7. The molecule has 0 saturated carbocycles. The fourth-order valence-corrected chi connectivity index (χ4v) is 2.45. The van der Waals surface area contributed by atoms with Crippen LogP contribution in [-0.4, -0.2) is 18.1 Å². The average molecular weight is 474 g/mol. The molecular weight excluding hydrogens is 409 g/mol. The van der Waals surface area contributed by atoms with E-state index in [9.17, 15) is 0 Å². The molecule has 0 fully saturated rings. The van der Waals surface area contributed by atoms with Gasteiger partial charge in [-0.15, -0.1) is 0 Å². The summed E-state index contributed by atoms with van der Waals surface area (Å²) in [5, 5.41) is 9.57. The summed E-state index contributed by atoms with van der Waals surface area (Å²) >= 11 is 0. The minimum atomic E-state index is -0.250. The predicted molar refractivity (Wildman–Crippen MR) is 142 cm³/mol. The summed E-state index contributed by atoms with van der Waals surface area (Å²) in [6, 6.07) is 0. The van der Waals surface area contributed by atoms with Crippen LogP contribution in [0.2, 0.25) is 0 Å². The monoisotopic (exact) mass is 473 g/mol. The van der Waals surface area contributed by atoms with Gasteiger partial charge in [0.25, 0.3) is 6.47 Å². The predicted octanol–water partition coefficient (Wildman–Crippen LogP) is 6.90. The molecule has 0 aromatic rings. The van der Waals surface area contributed by atoms with Gasteiger partial charge >= 0.3 is 51.4 Å².